The molecule has 7 nitrogen and oxygen atoms in total. The molecule has 2 amide bonds. The number of rotatable bonds is 4. The van der Waals surface area contributed by atoms with E-state index in [2.05, 4.69) is 9.97 Å². The van der Waals surface area contributed by atoms with Crippen LogP contribution in [0.3, 0.4) is 0 Å². The molecule has 0 radical (unpaired) electrons. The van der Waals surface area contributed by atoms with Crippen molar-refractivity contribution in [2.45, 2.75) is 32.4 Å². The van der Waals surface area contributed by atoms with Crippen LogP contribution in [-0.2, 0) is 16.1 Å². The molecule has 0 bridgehead atoms. The fourth-order valence-electron chi connectivity index (χ4n) is 4.71. The van der Waals surface area contributed by atoms with Crippen LogP contribution in [0.25, 0.3) is 10.9 Å². The van der Waals surface area contributed by atoms with Crippen molar-refractivity contribution in [2.24, 2.45) is 0 Å². The Labute approximate surface area is 196 Å². The molecular weight excluding hydrogens is 440 g/mol. The maximum Gasteiger partial charge on any atom is 0.245 e. The van der Waals surface area contributed by atoms with E-state index in [4.69, 9.17) is 0 Å². The lowest BCUT2D eigenvalue weighted by Crippen LogP contribution is -2.56. The van der Waals surface area contributed by atoms with Gasteiger partial charge in [0.25, 0.3) is 0 Å². The number of piperazine rings is 1. The molecule has 9 heteroatoms. The van der Waals surface area contributed by atoms with Gasteiger partial charge < -0.3 is 14.7 Å². The Morgan fingerprint density at radius 3 is 2.56 bits per heavy atom. The third-order valence-electron chi connectivity index (χ3n) is 6.55. The Morgan fingerprint density at radius 2 is 1.79 bits per heavy atom. The highest BCUT2D eigenvalue weighted by Crippen LogP contribution is 2.27. The van der Waals surface area contributed by atoms with E-state index in [0.717, 1.165) is 12.0 Å². The highest BCUT2D eigenvalue weighted by atomic mass is 19.1. The first kappa shape index (κ1) is 22.2. The van der Waals surface area contributed by atoms with E-state index >= 15 is 0 Å². The van der Waals surface area contributed by atoms with Crippen LogP contribution >= 0.6 is 0 Å². The van der Waals surface area contributed by atoms with Crippen molar-refractivity contribution in [3.63, 3.8) is 0 Å². The normalized spacial score (nSPS) is 18.7. The summed E-state index contributed by atoms with van der Waals surface area (Å²) in [6.45, 7) is 3.71. The minimum absolute atomic E-state index is 0.0151. The molecule has 2 fully saturated rings. The van der Waals surface area contributed by atoms with Crippen LogP contribution in [0.1, 0.15) is 24.1 Å². The molecule has 2 saturated heterocycles. The van der Waals surface area contributed by atoms with E-state index in [1.54, 1.807) is 34.9 Å². The number of benzene rings is 2. The largest absolute Gasteiger partial charge is 0.335 e. The van der Waals surface area contributed by atoms with Gasteiger partial charge in [-0.1, -0.05) is 12.1 Å². The minimum atomic E-state index is -0.436. The molecule has 0 N–H and O–H groups in total. The van der Waals surface area contributed by atoms with Gasteiger partial charge in [-0.3, -0.25) is 9.59 Å². The number of nitrogens with zero attached hydrogens (tertiary/aromatic N) is 5. The predicted octanol–water partition coefficient (Wildman–Crippen LogP) is 3.06. The summed E-state index contributed by atoms with van der Waals surface area (Å²) in [6.07, 6.45) is 1.48. The van der Waals surface area contributed by atoms with Gasteiger partial charge in [0.2, 0.25) is 17.8 Å². The highest BCUT2D eigenvalue weighted by molar-refractivity contribution is 5.91. The van der Waals surface area contributed by atoms with Gasteiger partial charge in [0.05, 0.1) is 17.8 Å². The molecule has 2 aliphatic heterocycles. The summed E-state index contributed by atoms with van der Waals surface area (Å²) in [7, 11) is 0. The molecule has 1 atom stereocenters. The first-order valence-corrected chi connectivity index (χ1v) is 11.4. The molecule has 34 heavy (non-hydrogen) atoms. The van der Waals surface area contributed by atoms with Crippen molar-refractivity contribution in [2.75, 3.05) is 31.1 Å². The quantitative estimate of drug-likeness (QED) is 0.593. The van der Waals surface area contributed by atoms with Crippen LogP contribution in [0, 0.1) is 18.6 Å². The van der Waals surface area contributed by atoms with Crippen molar-refractivity contribution in [3.8, 4) is 0 Å². The second kappa shape index (κ2) is 8.96. The number of aromatic nitrogens is 2. The average molecular weight is 466 g/mol. The number of fused-ring (bicyclic) bond motifs is 1. The summed E-state index contributed by atoms with van der Waals surface area (Å²) < 4.78 is 26.8. The fourth-order valence-corrected chi connectivity index (χ4v) is 4.71. The van der Waals surface area contributed by atoms with Crippen LogP contribution in [0.15, 0.2) is 42.5 Å². The van der Waals surface area contributed by atoms with Crippen molar-refractivity contribution >= 4 is 28.7 Å². The minimum Gasteiger partial charge on any atom is -0.335 e. The Morgan fingerprint density at radius 1 is 1.03 bits per heavy atom. The number of halogens is 2. The monoisotopic (exact) mass is 465 g/mol. The number of hydrogen-bond donors (Lipinski definition) is 0. The first-order valence-electron chi connectivity index (χ1n) is 11.4. The molecule has 2 aromatic carbocycles. The van der Waals surface area contributed by atoms with Gasteiger partial charge in [-0.25, -0.2) is 18.7 Å². The van der Waals surface area contributed by atoms with Gasteiger partial charge in [0.1, 0.15) is 17.7 Å². The van der Waals surface area contributed by atoms with Gasteiger partial charge in [-0.2, -0.15) is 0 Å². The third-order valence-corrected chi connectivity index (χ3v) is 6.55. The molecule has 0 saturated carbocycles. The standard InChI is InChI=1S/C25H25F2N5O2/c1-16-20-13-19(27)8-9-21(20)29-25(28-16)32-10-2-3-22(32)24(34)31-12-11-30(23(33)15-31)14-17-4-6-18(26)7-5-17/h4-9,13,22H,2-3,10-12,14-15H2,1H3. The van der Waals surface area contributed by atoms with Crippen LogP contribution in [0.4, 0.5) is 14.7 Å². The van der Waals surface area contributed by atoms with Crippen molar-refractivity contribution in [1.29, 1.82) is 0 Å². The zero-order valence-electron chi connectivity index (χ0n) is 18.9. The Kier molecular flexibility index (Phi) is 5.85. The maximum atomic E-state index is 13.6. The molecule has 3 heterocycles. The molecule has 0 spiro atoms. The molecule has 1 aromatic heterocycles. The summed E-state index contributed by atoms with van der Waals surface area (Å²) in [4.78, 5) is 40.5. The zero-order valence-corrected chi connectivity index (χ0v) is 18.9. The van der Waals surface area contributed by atoms with Crippen molar-refractivity contribution in [1.82, 2.24) is 19.8 Å². The number of hydrogen-bond acceptors (Lipinski definition) is 5. The topological polar surface area (TPSA) is 69.6 Å². The highest BCUT2D eigenvalue weighted by Gasteiger charge is 2.38. The van der Waals surface area contributed by atoms with E-state index in [1.165, 1.54) is 24.3 Å². The lowest BCUT2D eigenvalue weighted by molar-refractivity contribution is -0.146. The molecular formula is C25H25F2N5O2. The molecule has 1 unspecified atom stereocenters. The van der Waals surface area contributed by atoms with E-state index < -0.39 is 6.04 Å². The lowest BCUT2D eigenvalue weighted by Gasteiger charge is -2.37. The van der Waals surface area contributed by atoms with E-state index in [0.29, 0.717) is 55.1 Å². The summed E-state index contributed by atoms with van der Waals surface area (Å²) >= 11 is 0. The smallest absolute Gasteiger partial charge is 0.245 e. The third kappa shape index (κ3) is 4.30. The number of amides is 2. The number of aryl methyl sites for hydroxylation is 1. The summed E-state index contributed by atoms with van der Waals surface area (Å²) in [5.41, 5.74) is 2.13. The number of carbonyl (C=O) groups is 2. The maximum absolute atomic E-state index is 13.6. The molecule has 3 aromatic rings. The van der Waals surface area contributed by atoms with Gasteiger partial charge in [-0.05, 0) is 55.7 Å². The summed E-state index contributed by atoms with van der Waals surface area (Å²) in [6, 6.07) is 10.0. The zero-order chi connectivity index (χ0) is 23.8. The van der Waals surface area contributed by atoms with Crippen LogP contribution in [0.5, 0.6) is 0 Å². The van der Waals surface area contributed by atoms with Crippen molar-refractivity contribution < 1.29 is 18.4 Å². The van der Waals surface area contributed by atoms with Gasteiger partial charge >= 0.3 is 0 Å². The van der Waals surface area contributed by atoms with Gasteiger partial charge in [0.15, 0.2) is 0 Å². The Balaban J connectivity index is 1.29. The number of anilines is 1. The molecule has 2 aliphatic rings. The second-order valence-electron chi connectivity index (χ2n) is 8.82. The van der Waals surface area contributed by atoms with Crippen LogP contribution < -0.4 is 4.90 Å². The van der Waals surface area contributed by atoms with Crippen molar-refractivity contribution in [3.05, 3.63) is 65.4 Å². The van der Waals surface area contributed by atoms with Gasteiger partial charge in [-0.15, -0.1) is 0 Å². The lowest BCUT2D eigenvalue weighted by atomic mass is 10.1. The summed E-state index contributed by atoms with van der Waals surface area (Å²) in [5.74, 6) is -0.441. The second-order valence-corrected chi connectivity index (χ2v) is 8.82. The van der Waals surface area contributed by atoms with Crippen LogP contribution in [-0.4, -0.2) is 63.8 Å². The molecule has 5 rings (SSSR count). The summed E-state index contributed by atoms with van der Waals surface area (Å²) in [5, 5.41) is 0.647. The van der Waals surface area contributed by atoms with E-state index in [-0.39, 0.29) is 30.0 Å². The molecule has 176 valence electrons. The Hall–Kier alpha value is -3.62. The average Bonchev–Trinajstić information content (AvgIpc) is 3.32. The first-order chi connectivity index (χ1) is 16.4. The van der Waals surface area contributed by atoms with E-state index in [1.807, 2.05) is 4.90 Å². The predicted molar refractivity (Wildman–Crippen MR) is 123 cm³/mol. The van der Waals surface area contributed by atoms with Gasteiger partial charge in [0, 0.05) is 31.6 Å². The van der Waals surface area contributed by atoms with E-state index in [9.17, 15) is 18.4 Å². The van der Waals surface area contributed by atoms with Crippen LogP contribution in [0.2, 0.25) is 0 Å². The number of carbonyl (C=O) groups excluding carboxylic acids is 2. The Bertz CT molecular complexity index is 1250. The molecule has 0 aliphatic carbocycles. The fraction of sp³-hybridized carbons (Fsp3) is 0.360. The SMILES string of the molecule is Cc1nc(N2CCCC2C(=O)N2CCN(Cc3ccc(F)cc3)C(=O)C2)nc2ccc(F)cc12.